The first-order chi connectivity index (χ1) is 17.8. The SMILES string of the molecule is O=C(OCC1c2ccccc2-c2ccccc21)N1C2COCC1CC(O)(Cc1cc(F)c(F)cc1F)C2. The molecule has 1 N–H and O–H groups in total. The van der Waals surface area contributed by atoms with E-state index in [1.807, 2.05) is 24.3 Å². The largest absolute Gasteiger partial charge is 0.448 e. The third-order valence-corrected chi connectivity index (χ3v) is 7.79. The Morgan fingerprint density at radius 3 is 2.11 bits per heavy atom. The summed E-state index contributed by atoms with van der Waals surface area (Å²) >= 11 is 0. The number of carbonyl (C=O) groups excluding carboxylic acids is 1. The molecule has 3 aromatic rings. The van der Waals surface area contributed by atoms with Gasteiger partial charge in [0.15, 0.2) is 11.6 Å². The second-order valence-corrected chi connectivity index (χ2v) is 10.2. The number of ether oxygens (including phenoxy) is 2. The number of fused-ring (bicyclic) bond motifs is 5. The fraction of sp³-hybridized carbons (Fsp3) is 0.345. The molecular formula is C29H26F3NO4. The van der Waals surface area contributed by atoms with Crippen LogP contribution in [0.3, 0.4) is 0 Å². The highest BCUT2D eigenvalue weighted by Crippen LogP contribution is 2.45. The smallest absolute Gasteiger partial charge is 0.410 e. The van der Waals surface area contributed by atoms with Gasteiger partial charge in [-0.25, -0.2) is 18.0 Å². The molecule has 3 aliphatic rings. The van der Waals surface area contributed by atoms with E-state index in [4.69, 9.17) is 9.47 Å². The predicted molar refractivity (Wildman–Crippen MR) is 130 cm³/mol. The third-order valence-electron chi connectivity index (χ3n) is 7.79. The number of hydrogen-bond donors (Lipinski definition) is 1. The summed E-state index contributed by atoms with van der Waals surface area (Å²) in [7, 11) is 0. The van der Waals surface area contributed by atoms with Gasteiger partial charge in [-0.3, -0.25) is 4.90 Å². The summed E-state index contributed by atoms with van der Waals surface area (Å²) in [5.74, 6) is -3.43. The molecule has 2 unspecified atom stereocenters. The van der Waals surface area contributed by atoms with E-state index in [9.17, 15) is 23.1 Å². The molecule has 0 aromatic heterocycles. The highest BCUT2D eigenvalue weighted by atomic mass is 19.2. The lowest BCUT2D eigenvalue weighted by Crippen LogP contribution is -2.64. The molecule has 0 spiro atoms. The summed E-state index contributed by atoms with van der Waals surface area (Å²) in [4.78, 5) is 14.9. The van der Waals surface area contributed by atoms with Gasteiger partial charge in [0.2, 0.25) is 0 Å². The summed E-state index contributed by atoms with van der Waals surface area (Å²) in [5, 5.41) is 11.3. The molecule has 2 heterocycles. The maximum Gasteiger partial charge on any atom is 0.410 e. The molecule has 1 aliphatic carbocycles. The van der Waals surface area contributed by atoms with Gasteiger partial charge in [0.1, 0.15) is 12.4 Å². The van der Waals surface area contributed by atoms with E-state index in [1.54, 1.807) is 4.90 Å². The lowest BCUT2D eigenvalue weighted by Gasteiger charge is -2.51. The van der Waals surface area contributed by atoms with E-state index in [0.717, 1.165) is 28.3 Å². The van der Waals surface area contributed by atoms with Crippen LogP contribution >= 0.6 is 0 Å². The Hall–Kier alpha value is -3.36. The minimum atomic E-state index is -1.40. The molecule has 3 aromatic carbocycles. The molecule has 2 saturated heterocycles. The topological polar surface area (TPSA) is 59.0 Å². The van der Waals surface area contributed by atoms with Gasteiger partial charge in [0.25, 0.3) is 0 Å². The molecule has 1 amide bonds. The van der Waals surface area contributed by atoms with Crippen LogP contribution < -0.4 is 0 Å². The van der Waals surface area contributed by atoms with Gasteiger partial charge in [-0.1, -0.05) is 48.5 Å². The number of hydrogen-bond acceptors (Lipinski definition) is 4. The van der Waals surface area contributed by atoms with Gasteiger partial charge in [0, 0.05) is 18.4 Å². The van der Waals surface area contributed by atoms with E-state index in [2.05, 4.69) is 24.3 Å². The first-order valence-electron chi connectivity index (χ1n) is 12.4. The van der Waals surface area contributed by atoms with E-state index in [-0.39, 0.29) is 50.6 Å². The first-order valence-corrected chi connectivity index (χ1v) is 12.4. The van der Waals surface area contributed by atoms with Crippen LogP contribution in [0.5, 0.6) is 0 Å². The molecule has 37 heavy (non-hydrogen) atoms. The summed E-state index contributed by atoms with van der Waals surface area (Å²) in [5.41, 5.74) is 3.00. The Morgan fingerprint density at radius 2 is 1.49 bits per heavy atom. The van der Waals surface area contributed by atoms with Crippen molar-refractivity contribution in [3.05, 3.63) is 94.8 Å². The minimum Gasteiger partial charge on any atom is -0.448 e. The molecule has 5 nitrogen and oxygen atoms in total. The number of aliphatic hydroxyl groups is 1. The van der Waals surface area contributed by atoms with Gasteiger partial charge in [-0.15, -0.1) is 0 Å². The van der Waals surface area contributed by atoms with Crippen molar-refractivity contribution in [2.45, 2.75) is 42.9 Å². The zero-order valence-corrected chi connectivity index (χ0v) is 20.0. The molecule has 6 rings (SSSR count). The van der Waals surface area contributed by atoms with Crippen molar-refractivity contribution in [2.75, 3.05) is 19.8 Å². The number of amides is 1. The molecule has 0 saturated carbocycles. The third kappa shape index (κ3) is 4.28. The van der Waals surface area contributed by atoms with Crippen molar-refractivity contribution >= 4 is 6.09 Å². The van der Waals surface area contributed by atoms with Crippen LogP contribution in [0, 0.1) is 17.5 Å². The molecular weight excluding hydrogens is 483 g/mol. The lowest BCUT2D eigenvalue weighted by atomic mass is 9.77. The van der Waals surface area contributed by atoms with Crippen LogP contribution in [0.1, 0.15) is 35.4 Å². The minimum absolute atomic E-state index is 0.0782. The van der Waals surface area contributed by atoms with Crippen LogP contribution in [0.2, 0.25) is 0 Å². The van der Waals surface area contributed by atoms with E-state index in [1.165, 1.54) is 0 Å². The Bertz CT molecular complexity index is 1300. The molecule has 0 radical (unpaired) electrons. The van der Waals surface area contributed by atoms with Crippen molar-refractivity contribution < 1.29 is 32.5 Å². The van der Waals surface area contributed by atoms with Crippen LogP contribution in [-0.4, -0.2) is 53.6 Å². The van der Waals surface area contributed by atoms with E-state index in [0.29, 0.717) is 6.07 Å². The van der Waals surface area contributed by atoms with Crippen molar-refractivity contribution in [3.8, 4) is 11.1 Å². The zero-order valence-electron chi connectivity index (χ0n) is 20.0. The molecule has 8 heteroatoms. The second kappa shape index (κ2) is 9.19. The average molecular weight is 510 g/mol. The second-order valence-electron chi connectivity index (χ2n) is 10.2. The van der Waals surface area contributed by atoms with Crippen molar-refractivity contribution in [3.63, 3.8) is 0 Å². The number of nitrogens with zero attached hydrogens (tertiary/aromatic N) is 1. The quantitative estimate of drug-likeness (QED) is 0.492. The highest BCUT2D eigenvalue weighted by Gasteiger charge is 2.49. The molecule has 2 aliphatic heterocycles. The van der Waals surface area contributed by atoms with Crippen molar-refractivity contribution in [2.24, 2.45) is 0 Å². The number of rotatable bonds is 4. The number of morpholine rings is 1. The monoisotopic (exact) mass is 509 g/mol. The molecule has 2 atom stereocenters. The van der Waals surface area contributed by atoms with Crippen LogP contribution in [-0.2, 0) is 15.9 Å². The number of piperidine rings is 1. The number of carbonyl (C=O) groups is 1. The van der Waals surface area contributed by atoms with Crippen LogP contribution in [0.25, 0.3) is 11.1 Å². The fourth-order valence-electron chi connectivity index (χ4n) is 6.24. The normalized spacial score (nSPS) is 24.5. The summed E-state index contributed by atoms with van der Waals surface area (Å²) in [6, 6.07) is 16.5. The summed E-state index contributed by atoms with van der Waals surface area (Å²) < 4.78 is 52.9. The van der Waals surface area contributed by atoms with E-state index < -0.39 is 41.2 Å². The van der Waals surface area contributed by atoms with Gasteiger partial charge in [0.05, 0.1) is 30.9 Å². The van der Waals surface area contributed by atoms with Crippen LogP contribution in [0.15, 0.2) is 60.7 Å². The van der Waals surface area contributed by atoms with Crippen LogP contribution in [0.4, 0.5) is 18.0 Å². The van der Waals surface area contributed by atoms with Crippen molar-refractivity contribution in [1.29, 1.82) is 0 Å². The fourth-order valence-corrected chi connectivity index (χ4v) is 6.24. The summed E-state index contributed by atoms with van der Waals surface area (Å²) in [6.45, 7) is 0.570. The first kappa shape index (κ1) is 24.0. The van der Waals surface area contributed by atoms with Gasteiger partial charge in [-0.2, -0.15) is 0 Å². The molecule has 2 bridgehead atoms. The standard InChI is InChI=1S/C29H26F3NO4/c30-25-10-27(32)26(31)9-17(25)11-29(35)12-18-14-36-15-19(13-29)33(18)28(34)37-16-24-22-7-3-1-5-20(22)21-6-2-4-8-23(21)24/h1-10,18-19,24,35H,11-16H2. The maximum absolute atomic E-state index is 14.3. The van der Waals surface area contributed by atoms with Gasteiger partial charge >= 0.3 is 6.09 Å². The van der Waals surface area contributed by atoms with Gasteiger partial charge in [-0.05, 0) is 46.7 Å². The zero-order chi connectivity index (χ0) is 25.7. The van der Waals surface area contributed by atoms with E-state index >= 15 is 0 Å². The lowest BCUT2D eigenvalue weighted by molar-refractivity contribution is -0.132. The molecule has 2 fully saturated rings. The number of halogens is 3. The Balaban J connectivity index is 1.17. The predicted octanol–water partition coefficient (Wildman–Crippen LogP) is 5.19. The molecule has 192 valence electrons. The summed E-state index contributed by atoms with van der Waals surface area (Å²) in [6.07, 6.45) is -0.471. The number of benzene rings is 3. The van der Waals surface area contributed by atoms with Crippen molar-refractivity contribution in [1.82, 2.24) is 4.90 Å². The maximum atomic E-state index is 14.3. The highest BCUT2D eigenvalue weighted by molar-refractivity contribution is 5.79. The van der Waals surface area contributed by atoms with Gasteiger partial charge < -0.3 is 14.6 Å². The Labute approximate surface area is 212 Å². The Kier molecular flexibility index (Phi) is 5.96. The Morgan fingerprint density at radius 1 is 0.919 bits per heavy atom. The average Bonchev–Trinajstić information content (AvgIpc) is 3.19.